The minimum absolute atomic E-state index is 0.0535. The highest BCUT2D eigenvalue weighted by Gasteiger charge is 2.57. The number of carbonyl (C=O) groups is 2. The van der Waals surface area contributed by atoms with Crippen molar-refractivity contribution in [2.24, 2.45) is 5.92 Å². The number of likely N-dealkylation sites (tertiary alicyclic amines) is 1. The Morgan fingerprint density at radius 2 is 2.00 bits per heavy atom. The topological polar surface area (TPSA) is 58.6 Å². The predicted octanol–water partition coefficient (Wildman–Crippen LogP) is 5.03. The lowest BCUT2D eigenvalue weighted by Crippen LogP contribution is -2.44. The fraction of sp³-hybridized carbons (Fsp3) is 0.619. The molecule has 1 aromatic rings. The Morgan fingerprint density at radius 3 is 2.63 bits per heavy atom. The van der Waals surface area contributed by atoms with Gasteiger partial charge in [-0.3, -0.25) is 4.79 Å². The van der Waals surface area contributed by atoms with E-state index in [0.29, 0.717) is 17.5 Å². The summed E-state index contributed by atoms with van der Waals surface area (Å²) in [6.07, 6.45) is 3.35. The molecule has 1 aromatic carbocycles. The number of hydrogen-bond acceptors (Lipinski definition) is 3. The molecule has 1 N–H and O–H groups in total. The van der Waals surface area contributed by atoms with Crippen LogP contribution in [0, 0.1) is 5.92 Å². The molecule has 6 heteroatoms. The summed E-state index contributed by atoms with van der Waals surface area (Å²) in [7, 11) is 0. The van der Waals surface area contributed by atoms with Crippen LogP contribution in [0.1, 0.15) is 70.5 Å². The second-order valence-corrected chi connectivity index (χ2v) is 9.70. The normalized spacial score (nSPS) is 26.0. The second kappa shape index (κ2) is 6.13. The molecule has 2 amide bonds. The number of hydrogen-bond donors (Lipinski definition) is 1. The summed E-state index contributed by atoms with van der Waals surface area (Å²) in [6.45, 7) is 8.47. The van der Waals surface area contributed by atoms with E-state index in [1.165, 1.54) is 0 Å². The van der Waals surface area contributed by atoms with Crippen LogP contribution in [-0.2, 0) is 14.9 Å². The van der Waals surface area contributed by atoms with Crippen LogP contribution in [0.4, 0.5) is 10.5 Å². The van der Waals surface area contributed by atoms with E-state index >= 15 is 0 Å². The molecule has 0 bridgehead atoms. The molecule has 0 radical (unpaired) electrons. The van der Waals surface area contributed by atoms with E-state index in [1.54, 1.807) is 0 Å². The van der Waals surface area contributed by atoms with Crippen molar-refractivity contribution in [3.8, 4) is 0 Å². The molecular formula is C21H27ClN2O3. The Hall–Kier alpha value is -1.75. The number of nitrogens with zero attached hydrogens (tertiary/aromatic N) is 1. The van der Waals surface area contributed by atoms with Crippen LogP contribution >= 0.6 is 11.6 Å². The minimum atomic E-state index is -0.535. The van der Waals surface area contributed by atoms with Crippen molar-refractivity contribution in [3.63, 3.8) is 0 Å². The van der Waals surface area contributed by atoms with Gasteiger partial charge < -0.3 is 15.0 Å². The first-order valence-electron chi connectivity index (χ1n) is 9.76. The molecule has 1 unspecified atom stereocenters. The predicted molar refractivity (Wildman–Crippen MR) is 105 cm³/mol. The smallest absolute Gasteiger partial charge is 0.410 e. The molecule has 2 fully saturated rings. The molecule has 2 aliphatic heterocycles. The van der Waals surface area contributed by atoms with Crippen molar-refractivity contribution in [3.05, 3.63) is 28.3 Å². The van der Waals surface area contributed by atoms with Crippen LogP contribution in [0.3, 0.4) is 0 Å². The van der Waals surface area contributed by atoms with Gasteiger partial charge in [-0.25, -0.2) is 4.79 Å². The highest BCUT2D eigenvalue weighted by Crippen LogP contribution is 2.57. The molecule has 4 rings (SSSR count). The van der Waals surface area contributed by atoms with E-state index in [1.807, 2.05) is 31.7 Å². The zero-order chi connectivity index (χ0) is 19.6. The fourth-order valence-electron chi connectivity index (χ4n) is 4.32. The van der Waals surface area contributed by atoms with Crippen molar-refractivity contribution in [1.29, 1.82) is 0 Å². The molecule has 5 nitrogen and oxygen atoms in total. The molecule has 1 saturated heterocycles. The number of rotatable bonds is 1. The number of carbonyl (C=O) groups excluding carboxylic acids is 2. The van der Waals surface area contributed by atoms with Gasteiger partial charge in [0.05, 0.1) is 22.2 Å². The van der Waals surface area contributed by atoms with E-state index in [0.717, 1.165) is 42.5 Å². The molecule has 1 spiro atoms. The zero-order valence-electron chi connectivity index (χ0n) is 16.4. The standard InChI is InChI=1S/C21H27ClN2O3/c1-12-5-6-16(24(11-12)19(26)27-20(2,3)4)13-9-14-17(15(22)10-13)23-18(25)21(14)7-8-21/h9-10,12,16H,5-8,11H2,1-4H3,(H,23,25)/t12-,16?/m0/s1. The van der Waals surface area contributed by atoms with Crippen LogP contribution in [0.5, 0.6) is 0 Å². The Kier molecular flexibility index (Phi) is 4.22. The maximum absolute atomic E-state index is 12.9. The van der Waals surface area contributed by atoms with E-state index in [4.69, 9.17) is 16.3 Å². The van der Waals surface area contributed by atoms with Gasteiger partial charge in [0.15, 0.2) is 0 Å². The molecule has 3 aliphatic rings. The fourth-order valence-corrected chi connectivity index (χ4v) is 4.60. The average Bonchev–Trinajstić information content (AvgIpc) is 3.31. The van der Waals surface area contributed by atoms with Crippen LogP contribution in [0.25, 0.3) is 0 Å². The maximum atomic E-state index is 12.9. The van der Waals surface area contributed by atoms with Crippen LogP contribution in [0.2, 0.25) is 5.02 Å². The van der Waals surface area contributed by atoms with Crippen molar-refractivity contribution < 1.29 is 14.3 Å². The first kappa shape index (κ1) is 18.6. The largest absolute Gasteiger partial charge is 0.444 e. The van der Waals surface area contributed by atoms with Crippen molar-refractivity contribution >= 4 is 29.3 Å². The summed E-state index contributed by atoms with van der Waals surface area (Å²) in [5.41, 5.74) is 1.81. The highest BCUT2D eigenvalue weighted by atomic mass is 35.5. The summed E-state index contributed by atoms with van der Waals surface area (Å²) in [5.74, 6) is 0.481. The number of amides is 2. The number of nitrogens with one attached hydrogen (secondary N) is 1. The molecule has 2 atom stereocenters. The molecule has 27 heavy (non-hydrogen) atoms. The van der Waals surface area contributed by atoms with Crippen molar-refractivity contribution in [1.82, 2.24) is 4.90 Å². The lowest BCUT2D eigenvalue weighted by molar-refractivity contribution is -0.117. The summed E-state index contributed by atoms with van der Waals surface area (Å²) < 4.78 is 5.66. The molecule has 1 saturated carbocycles. The van der Waals surface area contributed by atoms with Crippen LogP contribution in [-0.4, -0.2) is 29.0 Å². The number of benzene rings is 1. The maximum Gasteiger partial charge on any atom is 0.410 e. The third-order valence-electron chi connectivity index (χ3n) is 5.88. The lowest BCUT2D eigenvalue weighted by Gasteiger charge is -2.39. The van der Waals surface area contributed by atoms with Gasteiger partial charge >= 0.3 is 6.09 Å². The summed E-state index contributed by atoms with van der Waals surface area (Å²) in [5, 5.41) is 3.50. The van der Waals surface area contributed by atoms with E-state index < -0.39 is 11.0 Å². The van der Waals surface area contributed by atoms with Gasteiger partial charge in [0.2, 0.25) is 5.91 Å². The quantitative estimate of drug-likeness (QED) is 0.731. The highest BCUT2D eigenvalue weighted by molar-refractivity contribution is 6.35. The lowest BCUT2D eigenvalue weighted by atomic mass is 9.87. The summed E-state index contributed by atoms with van der Waals surface area (Å²) in [6, 6.07) is 3.91. The van der Waals surface area contributed by atoms with Gasteiger partial charge in [0, 0.05) is 6.54 Å². The molecule has 146 valence electrons. The zero-order valence-corrected chi connectivity index (χ0v) is 17.2. The Balaban J connectivity index is 1.69. The molecule has 0 aromatic heterocycles. The number of fused-ring (bicyclic) bond motifs is 2. The Labute approximate surface area is 165 Å². The number of halogens is 1. The number of anilines is 1. The van der Waals surface area contributed by atoms with Gasteiger partial charge in [-0.2, -0.15) is 0 Å². The summed E-state index contributed by atoms with van der Waals surface area (Å²) >= 11 is 6.53. The van der Waals surface area contributed by atoms with Crippen molar-refractivity contribution in [2.75, 3.05) is 11.9 Å². The van der Waals surface area contributed by atoms with Crippen molar-refractivity contribution in [2.45, 2.75) is 70.4 Å². The third-order valence-corrected chi connectivity index (χ3v) is 6.18. The molecular weight excluding hydrogens is 364 g/mol. The second-order valence-electron chi connectivity index (χ2n) is 9.29. The molecule has 1 aliphatic carbocycles. The SMILES string of the molecule is C[C@H]1CCC(c2cc(Cl)c3c(c2)C2(CC2)C(=O)N3)N(C(=O)OC(C)(C)C)C1. The van der Waals surface area contributed by atoms with E-state index in [9.17, 15) is 9.59 Å². The van der Waals surface area contributed by atoms with Gasteiger partial charge in [-0.1, -0.05) is 24.6 Å². The Bertz CT molecular complexity index is 810. The van der Waals surface area contributed by atoms with Gasteiger partial charge in [-0.15, -0.1) is 0 Å². The van der Waals surface area contributed by atoms with Gasteiger partial charge in [-0.05, 0) is 69.6 Å². The average molecular weight is 391 g/mol. The first-order valence-corrected chi connectivity index (χ1v) is 10.1. The van der Waals surface area contributed by atoms with E-state index in [-0.39, 0.29) is 18.0 Å². The number of piperidine rings is 1. The third kappa shape index (κ3) is 3.20. The molecule has 2 heterocycles. The van der Waals surface area contributed by atoms with E-state index in [2.05, 4.69) is 18.3 Å². The Morgan fingerprint density at radius 1 is 1.30 bits per heavy atom. The monoisotopic (exact) mass is 390 g/mol. The van der Waals surface area contributed by atoms with Crippen LogP contribution in [0.15, 0.2) is 12.1 Å². The number of ether oxygens (including phenoxy) is 1. The van der Waals surface area contributed by atoms with Gasteiger partial charge in [0.25, 0.3) is 0 Å². The van der Waals surface area contributed by atoms with Crippen LogP contribution < -0.4 is 5.32 Å². The summed E-state index contributed by atoms with van der Waals surface area (Å²) in [4.78, 5) is 27.1. The first-order chi connectivity index (χ1) is 12.6. The van der Waals surface area contributed by atoms with Gasteiger partial charge in [0.1, 0.15) is 5.60 Å². The minimum Gasteiger partial charge on any atom is -0.444 e.